The van der Waals surface area contributed by atoms with E-state index in [4.69, 9.17) is 4.74 Å². The maximum absolute atomic E-state index is 6.70. The van der Waals surface area contributed by atoms with Gasteiger partial charge in [-0.1, -0.05) is 105 Å². The number of aryl methyl sites for hydroxylation is 1. The van der Waals surface area contributed by atoms with E-state index in [0.717, 1.165) is 5.75 Å². The Labute approximate surface area is 191 Å². The fraction of sp³-hybridized carbons (Fsp3) is 0.448. The summed E-state index contributed by atoms with van der Waals surface area (Å²) in [6, 6.07) is 15.3. The third kappa shape index (κ3) is 4.46. The molecule has 1 unspecified atom stereocenters. The van der Waals surface area contributed by atoms with Gasteiger partial charge < -0.3 is 4.74 Å². The lowest BCUT2D eigenvalue weighted by atomic mass is 9.85. The van der Waals surface area contributed by atoms with E-state index in [9.17, 15) is 0 Å². The summed E-state index contributed by atoms with van der Waals surface area (Å²) in [7, 11) is -1.97. The first kappa shape index (κ1) is 23.6. The minimum atomic E-state index is -1.97. The molecule has 0 heterocycles. The van der Waals surface area contributed by atoms with Crippen LogP contribution in [-0.4, -0.2) is 8.07 Å². The number of hydrogen-bond donors (Lipinski definition) is 0. The van der Waals surface area contributed by atoms with Gasteiger partial charge in [0.15, 0.2) is 0 Å². The molecule has 0 aromatic heterocycles. The lowest BCUT2D eigenvalue weighted by Gasteiger charge is -2.35. The highest BCUT2D eigenvalue weighted by Crippen LogP contribution is 2.43. The Bertz CT molecular complexity index is 1030. The van der Waals surface area contributed by atoms with Crippen LogP contribution in [0.25, 0.3) is 0 Å². The van der Waals surface area contributed by atoms with Crippen LogP contribution < -0.4 is 9.92 Å². The molecule has 0 saturated carbocycles. The van der Waals surface area contributed by atoms with Gasteiger partial charge in [-0.3, -0.25) is 0 Å². The Morgan fingerprint density at radius 2 is 1.52 bits per heavy atom. The average Bonchev–Trinajstić information content (AvgIpc) is 2.89. The molecule has 2 aromatic carbocycles. The summed E-state index contributed by atoms with van der Waals surface area (Å²) in [6.07, 6.45) is 0. The van der Waals surface area contributed by atoms with Gasteiger partial charge in [-0.2, -0.15) is 0 Å². The Kier molecular flexibility index (Phi) is 6.44. The van der Waals surface area contributed by atoms with Gasteiger partial charge >= 0.3 is 0 Å². The zero-order valence-corrected chi connectivity index (χ0v) is 22.2. The molecule has 2 heteroatoms. The average molecular weight is 433 g/mol. The van der Waals surface area contributed by atoms with Crippen LogP contribution in [-0.2, 0) is 12.0 Å². The second kappa shape index (κ2) is 8.46. The molecule has 0 N–H and O–H groups in total. The zero-order chi connectivity index (χ0) is 23.1. The van der Waals surface area contributed by atoms with Crippen LogP contribution in [0.15, 0.2) is 64.4 Å². The van der Waals surface area contributed by atoms with Crippen molar-refractivity contribution in [2.45, 2.75) is 80.5 Å². The van der Waals surface area contributed by atoms with Crippen LogP contribution in [0.3, 0.4) is 0 Å². The largest absolute Gasteiger partial charge is 0.489 e. The van der Waals surface area contributed by atoms with E-state index in [2.05, 4.69) is 111 Å². The maximum atomic E-state index is 6.70. The predicted molar refractivity (Wildman–Crippen MR) is 138 cm³/mol. The molecule has 1 aliphatic carbocycles. The molecule has 1 aliphatic rings. The van der Waals surface area contributed by atoms with Crippen LogP contribution in [0.2, 0.25) is 13.1 Å². The summed E-state index contributed by atoms with van der Waals surface area (Å²) < 4.78 is 6.70. The standard InChI is InChI=1S/C29H40OSi/c1-19-16-25(29(6,7)8)27(30-18-24-14-12-11-13-15-24)26(17-19)31(9,10)28-22(4)20(2)21(3)23(28)5/h11-17,22H,18H2,1-10H3. The first-order valence-electron chi connectivity index (χ1n) is 11.6. The third-order valence-electron chi connectivity index (χ3n) is 7.25. The second-order valence-corrected chi connectivity index (χ2v) is 15.2. The first-order valence-corrected chi connectivity index (χ1v) is 14.6. The topological polar surface area (TPSA) is 9.23 Å². The van der Waals surface area contributed by atoms with Crippen LogP contribution in [0, 0.1) is 12.8 Å². The van der Waals surface area contributed by atoms with Gasteiger partial charge in [0.05, 0.1) is 0 Å². The second-order valence-electron chi connectivity index (χ2n) is 10.9. The van der Waals surface area contributed by atoms with E-state index >= 15 is 0 Å². The molecule has 166 valence electrons. The summed E-state index contributed by atoms with van der Waals surface area (Å²) >= 11 is 0. The van der Waals surface area contributed by atoms with E-state index in [1.54, 1.807) is 5.20 Å². The van der Waals surface area contributed by atoms with Crippen LogP contribution >= 0.6 is 0 Å². The molecule has 0 radical (unpaired) electrons. The van der Waals surface area contributed by atoms with Gasteiger partial charge in [0, 0.05) is 0 Å². The van der Waals surface area contributed by atoms with Crippen LogP contribution in [0.1, 0.15) is 65.2 Å². The summed E-state index contributed by atoms with van der Waals surface area (Å²) in [5, 5.41) is 3.11. The molecule has 3 rings (SSSR count). The minimum absolute atomic E-state index is 0.0199. The number of benzene rings is 2. The number of rotatable bonds is 5. The summed E-state index contributed by atoms with van der Waals surface area (Å²) in [6.45, 7) is 24.1. The third-order valence-corrected chi connectivity index (χ3v) is 11.1. The molecule has 0 spiro atoms. The molecular formula is C29H40OSi. The quantitative estimate of drug-likeness (QED) is 0.441. The van der Waals surface area contributed by atoms with Crippen molar-refractivity contribution in [2.75, 3.05) is 0 Å². The van der Waals surface area contributed by atoms with E-state index in [1.807, 2.05) is 0 Å². The first-order chi connectivity index (χ1) is 14.4. The van der Waals surface area contributed by atoms with Crippen molar-refractivity contribution in [3.05, 3.63) is 81.1 Å². The Morgan fingerprint density at radius 1 is 0.903 bits per heavy atom. The predicted octanol–water partition coefficient (Wildman–Crippen LogP) is 7.63. The smallest absolute Gasteiger partial charge is 0.123 e. The molecule has 0 saturated heterocycles. The van der Waals surface area contributed by atoms with E-state index in [1.165, 1.54) is 38.6 Å². The molecule has 0 amide bonds. The van der Waals surface area contributed by atoms with Crippen molar-refractivity contribution >= 4 is 13.3 Å². The van der Waals surface area contributed by atoms with Crippen molar-refractivity contribution in [3.8, 4) is 5.75 Å². The molecule has 1 atom stereocenters. The van der Waals surface area contributed by atoms with Crippen LogP contribution in [0.5, 0.6) is 5.75 Å². The Hall–Kier alpha value is -2.06. The summed E-state index contributed by atoms with van der Waals surface area (Å²) in [5.74, 6) is 1.63. The van der Waals surface area contributed by atoms with Crippen molar-refractivity contribution in [1.82, 2.24) is 0 Å². The lowest BCUT2D eigenvalue weighted by Crippen LogP contribution is -2.47. The number of allylic oxidation sites excluding steroid dienone is 4. The fourth-order valence-corrected chi connectivity index (χ4v) is 9.28. The molecular weight excluding hydrogens is 392 g/mol. The van der Waals surface area contributed by atoms with Crippen LogP contribution in [0.4, 0.5) is 0 Å². The monoisotopic (exact) mass is 432 g/mol. The molecule has 0 fully saturated rings. The van der Waals surface area contributed by atoms with E-state index < -0.39 is 8.07 Å². The molecule has 1 nitrogen and oxygen atoms in total. The normalized spacial score (nSPS) is 17.5. The van der Waals surface area contributed by atoms with Gasteiger partial charge in [0.25, 0.3) is 0 Å². The fourth-order valence-electron chi connectivity index (χ4n) is 5.20. The lowest BCUT2D eigenvalue weighted by molar-refractivity contribution is 0.300. The zero-order valence-electron chi connectivity index (χ0n) is 21.2. The van der Waals surface area contributed by atoms with Gasteiger partial charge in [0.2, 0.25) is 0 Å². The van der Waals surface area contributed by atoms with Crippen molar-refractivity contribution < 1.29 is 4.74 Å². The summed E-state index contributed by atoms with van der Waals surface area (Å²) in [4.78, 5) is 0. The van der Waals surface area contributed by atoms with Gasteiger partial charge in [0.1, 0.15) is 20.4 Å². The maximum Gasteiger partial charge on any atom is 0.123 e. The van der Waals surface area contributed by atoms with Crippen molar-refractivity contribution in [1.29, 1.82) is 0 Å². The van der Waals surface area contributed by atoms with Gasteiger partial charge in [-0.25, -0.2) is 0 Å². The molecule has 0 aliphatic heterocycles. The molecule has 2 aromatic rings. The Morgan fingerprint density at radius 3 is 2.03 bits per heavy atom. The highest BCUT2D eigenvalue weighted by Gasteiger charge is 2.40. The van der Waals surface area contributed by atoms with Crippen molar-refractivity contribution in [3.63, 3.8) is 0 Å². The summed E-state index contributed by atoms with van der Waals surface area (Å²) in [5.41, 5.74) is 8.41. The van der Waals surface area contributed by atoms with Crippen molar-refractivity contribution in [2.24, 2.45) is 5.92 Å². The highest BCUT2D eigenvalue weighted by molar-refractivity contribution is 6.96. The van der Waals surface area contributed by atoms with Gasteiger partial charge in [-0.15, -0.1) is 0 Å². The molecule has 0 bridgehead atoms. The Balaban J connectivity index is 2.18. The SMILES string of the molecule is CC1=C(C)C(C)C([Si](C)(C)c2cc(C)cc(C(C)(C)C)c2OCc2ccccc2)=C1C. The number of hydrogen-bond acceptors (Lipinski definition) is 1. The van der Waals surface area contributed by atoms with Gasteiger partial charge in [-0.05, 0) is 60.9 Å². The minimum Gasteiger partial charge on any atom is -0.489 e. The molecule has 31 heavy (non-hydrogen) atoms. The number of ether oxygens (including phenoxy) is 1. The van der Waals surface area contributed by atoms with E-state index in [-0.39, 0.29) is 5.41 Å². The highest BCUT2D eigenvalue weighted by atomic mass is 28.3. The van der Waals surface area contributed by atoms with E-state index in [0.29, 0.717) is 12.5 Å².